The fourth-order valence-corrected chi connectivity index (χ4v) is 3.80. The Labute approximate surface area is 122 Å². The lowest BCUT2D eigenvalue weighted by Crippen LogP contribution is -1.78. The Bertz CT molecular complexity index is 898. The number of aryl methyl sites for hydroxylation is 1. The van der Waals surface area contributed by atoms with Crippen LogP contribution < -0.4 is 0 Å². The topological polar surface area (TPSA) is 0 Å². The molecule has 0 unspecified atom stereocenters. The fraction of sp³-hybridized carbons (Fsp3) is 0.0526. The number of hydrogen-bond acceptors (Lipinski definition) is 1. The summed E-state index contributed by atoms with van der Waals surface area (Å²) >= 11 is 1.87. The molecule has 1 heteroatoms. The third-order valence-corrected chi connectivity index (χ3v) is 4.90. The van der Waals surface area contributed by atoms with Gasteiger partial charge >= 0.3 is 0 Å². The highest BCUT2D eigenvalue weighted by Crippen LogP contribution is 2.36. The monoisotopic (exact) mass is 274 g/mol. The molecule has 1 aromatic heterocycles. The van der Waals surface area contributed by atoms with E-state index >= 15 is 0 Å². The second-order valence-electron chi connectivity index (χ2n) is 5.18. The van der Waals surface area contributed by atoms with Crippen molar-refractivity contribution in [1.82, 2.24) is 0 Å². The van der Waals surface area contributed by atoms with Crippen LogP contribution in [-0.2, 0) is 0 Å². The Morgan fingerprint density at radius 2 is 1.35 bits per heavy atom. The molecule has 0 saturated carbocycles. The Morgan fingerprint density at radius 1 is 0.650 bits per heavy atom. The number of thiophene rings is 1. The van der Waals surface area contributed by atoms with E-state index in [-0.39, 0.29) is 0 Å². The average Bonchev–Trinajstić information content (AvgIpc) is 2.85. The zero-order valence-corrected chi connectivity index (χ0v) is 12.1. The van der Waals surface area contributed by atoms with Gasteiger partial charge in [-0.2, -0.15) is 0 Å². The summed E-state index contributed by atoms with van der Waals surface area (Å²) in [6, 6.07) is 24.2. The summed E-state index contributed by atoms with van der Waals surface area (Å²) in [4.78, 5) is 0. The number of benzene rings is 3. The summed E-state index contributed by atoms with van der Waals surface area (Å²) < 4.78 is 2.73. The highest BCUT2D eigenvalue weighted by atomic mass is 32.1. The molecule has 0 radical (unpaired) electrons. The van der Waals surface area contributed by atoms with Crippen LogP contribution in [0.1, 0.15) is 5.56 Å². The van der Waals surface area contributed by atoms with Crippen LogP contribution in [0.5, 0.6) is 0 Å². The lowest BCUT2D eigenvalue weighted by molar-refractivity contribution is 1.47. The van der Waals surface area contributed by atoms with Gasteiger partial charge in [0.15, 0.2) is 0 Å². The molecule has 4 aromatic rings. The van der Waals surface area contributed by atoms with E-state index in [2.05, 4.69) is 73.7 Å². The Hall–Kier alpha value is -2.12. The van der Waals surface area contributed by atoms with E-state index in [1.165, 1.54) is 36.9 Å². The summed E-state index contributed by atoms with van der Waals surface area (Å²) in [6.45, 7) is 2.12. The predicted molar refractivity (Wildman–Crippen MR) is 89.5 cm³/mol. The van der Waals surface area contributed by atoms with Crippen LogP contribution in [0.25, 0.3) is 31.3 Å². The molecule has 3 aromatic carbocycles. The molecule has 96 valence electrons. The first-order valence-corrected chi connectivity index (χ1v) is 7.61. The van der Waals surface area contributed by atoms with Crippen molar-refractivity contribution in [3.8, 4) is 11.1 Å². The maximum absolute atomic E-state index is 2.31. The maximum atomic E-state index is 2.31. The molecule has 0 saturated heterocycles. The Morgan fingerprint density at radius 3 is 2.20 bits per heavy atom. The van der Waals surface area contributed by atoms with E-state index in [4.69, 9.17) is 0 Å². The first kappa shape index (κ1) is 11.7. The SMILES string of the molecule is Cc1ccc(-c2ccc3c(c2)sc2ccccc23)cc1. The number of rotatable bonds is 1. The maximum Gasteiger partial charge on any atom is 0.0361 e. The fourth-order valence-electron chi connectivity index (χ4n) is 2.65. The van der Waals surface area contributed by atoms with Gasteiger partial charge in [0.05, 0.1) is 0 Å². The molecule has 0 aliphatic rings. The molecular weight excluding hydrogens is 260 g/mol. The lowest BCUT2D eigenvalue weighted by Gasteiger charge is -2.02. The highest BCUT2D eigenvalue weighted by molar-refractivity contribution is 7.25. The number of hydrogen-bond donors (Lipinski definition) is 0. The third kappa shape index (κ3) is 1.83. The van der Waals surface area contributed by atoms with Crippen LogP contribution in [-0.4, -0.2) is 0 Å². The van der Waals surface area contributed by atoms with Gasteiger partial charge in [0, 0.05) is 20.2 Å². The quantitative estimate of drug-likeness (QED) is 0.397. The van der Waals surface area contributed by atoms with E-state index in [1.54, 1.807) is 0 Å². The standard InChI is InChI=1S/C19H14S/c1-13-6-8-14(9-7-13)15-10-11-17-16-4-2-3-5-18(16)20-19(17)12-15/h2-12H,1H3. The average molecular weight is 274 g/mol. The highest BCUT2D eigenvalue weighted by Gasteiger charge is 2.05. The summed E-state index contributed by atoms with van der Waals surface area (Å²) in [5, 5.41) is 2.73. The van der Waals surface area contributed by atoms with Gasteiger partial charge in [0.2, 0.25) is 0 Å². The van der Waals surface area contributed by atoms with Gasteiger partial charge in [0.1, 0.15) is 0 Å². The van der Waals surface area contributed by atoms with Crippen molar-refractivity contribution < 1.29 is 0 Å². The summed E-state index contributed by atoms with van der Waals surface area (Å²) in [5.41, 5.74) is 3.88. The molecule has 0 aliphatic heterocycles. The normalized spacial score (nSPS) is 11.2. The van der Waals surface area contributed by atoms with E-state index in [9.17, 15) is 0 Å². The minimum absolute atomic E-state index is 1.29. The van der Waals surface area contributed by atoms with E-state index in [1.807, 2.05) is 11.3 Å². The van der Waals surface area contributed by atoms with Gasteiger partial charge < -0.3 is 0 Å². The molecule has 4 rings (SSSR count). The van der Waals surface area contributed by atoms with Gasteiger partial charge in [-0.15, -0.1) is 11.3 Å². The zero-order valence-electron chi connectivity index (χ0n) is 11.3. The van der Waals surface area contributed by atoms with E-state index < -0.39 is 0 Å². The van der Waals surface area contributed by atoms with E-state index in [0.717, 1.165) is 0 Å². The molecule has 0 bridgehead atoms. The second kappa shape index (κ2) is 4.46. The van der Waals surface area contributed by atoms with Gasteiger partial charge in [-0.3, -0.25) is 0 Å². The van der Waals surface area contributed by atoms with Gasteiger partial charge in [-0.1, -0.05) is 60.2 Å². The molecule has 0 nitrogen and oxygen atoms in total. The summed E-state index contributed by atoms with van der Waals surface area (Å²) in [7, 11) is 0. The van der Waals surface area contributed by atoms with Crippen LogP contribution >= 0.6 is 11.3 Å². The molecule has 1 heterocycles. The van der Waals surface area contributed by atoms with Crippen molar-refractivity contribution in [2.75, 3.05) is 0 Å². The van der Waals surface area contributed by atoms with Crippen LogP contribution in [0.15, 0.2) is 66.7 Å². The summed E-state index contributed by atoms with van der Waals surface area (Å²) in [6.07, 6.45) is 0. The Kier molecular flexibility index (Phi) is 2.61. The van der Waals surface area contributed by atoms with Crippen molar-refractivity contribution in [1.29, 1.82) is 0 Å². The van der Waals surface area contributed by atoms with Crippen LogP contribution in [0.2, 0.25) is 0 Å². The smallest absolute Gasteiger partial charge is 0.0361 e. The summed E-state index contributed by atoms with van der Waals surface area (Å²) in [5.74, 6) is 0. The van der Waals surface area contributed by atoms with Crippen molar-refractivity contribution >= 4 is 31.5 Å². The molecule has 0 amide bonds. The van der Waals surface area contributed by atoms with Crippen molar-refractivity contribution in [2.24, 2.45) is 0 Å². The zero-order chi connectivity index (χ0) is 13.5. The van der Waals surface area contributed by atoms with Gasteiger partial charge in [-0.25, -0.2) is 0 Å². The van der Waals surface area contributed by atoms with Gasteiger partial charge in [-0.05, 0) is 30.2 Å². The van der Waals surface area contributed by atoms with Gasteiger partial charge in [0.25, 0.3) is 0 Å². The molecule has 0 atom stereocenters. The third-order valence-electron chi connectivity index (χ3n) is 3.76. The predicted octanol–water partition coefficient (Wildman–Crippen LogP) is 6.03. The second-order valence-corrected chi connectivity index (χ2v) is 6.26. The molecule has 0 fully saturated rings. The van der Waals surface area contributed by atoms with Crippen LogP contribution in [0, 0.1) is 6.92 Å². The number of fused-ring (bicyclic) bond motifs is 3. The van der Waals surface area contributed by atoms with Crippen molar-refractivity contribution in [2.45, 2.75) is 6.92 Å². The van der Waals surface area contributed by atoms with Crippen LogP contribution in [0.4, 0.5) is 0 Å². The van der Waals surface area contributed by atoms with Crippen LogP contribution in [0.3, 0.4) is 0 Å². The minimum atomic E-state index is 1.29. The lowest BCUT2D eigenvalue weighted by atomic mass is 10.0. The largest absolute Gasteiger partial charge is 0.135 e. The molecule has 0 aliphatic carbocycles. The van der Waals surface area contributed by atoms with Crippen molar-refractivity contribution in [3.63, 3.8) is 0 Å². The minimum Gasteiger partial charge on any atom is -0.135 e. The molecule has 0 N–H and O–H groups in total. The van der Waals surface area contributed by atoms with Crippen molar-refractivity contribution in [3.05, 3.63) is 72.3 Å². The molecule has 20 heavy (non-hydrogen) atoms. The molecular formula is C19H14S. The Balaban J connectivity index is 1.94. The first-order valence-electron chi connectivity index (χ1n) is 6.79. The van der Waals surface area contributed by atoms with E-state index in [0.29, 0.717) is 0 Å². The first-order chi connectivity index (χ1) is 9.81. The molecule has 0 spiro atoms.